The fraction of sp³-hybridized carbons (Fsp3) is 0.125. The molecule has 0 aliphatic carbocycles. The van der Waals surface area contributed by atoms with Gasteiger partial charge in [0.2, 0.25) is 11.0 Å². The second-order valence-corrected chi connectivity index (χ2v) is 7.95. The third-order valence-electron chi connectivity index (χ3n) is 3.11. The molecular formula is C16H13N5O2S3. The summed E-state index contributed by atoms with van der Waals surface area (Å²) < 4.78 is 5.80. The van der Waals surface area contributed by atoms with Crippen molar-refractivity contribution >= 4 is 56.2 Å². The van der Waals surface area contributed by atoms with Crippen LogP contribution in [-0.4, -0.2) is 29.0 Å². The standard InChI is InChI=1S/C16H13N5O2S3/c1-23-12-4-2-11(3-5-12)18-15-20-21-16(26-15)25-9-13(22)19-14-10(8-17)6-7-24-14/h2-7H,9H2,1H3,(H,18,20)(H,19,22). The fourth-order valence-corrected chi connectivity index (χ4v) is 4.23. The zero-order chi connectivity index (χ0) is 18.4. The second-order valence-electron chi connectivity index (χ2n) is 4.84. The monoisotopic (exact) mass is 403 g/mol. The molecule has 3 aromatic rings. The minimum Gasteiger partial charge on any atom is -0.497 e. The van der Waals surface area contributed by atoms with Crippen LogP contribution in [0.15, 0.2) is 40.1 Å². The van der Waals surface area contributed by atoms with Gasteiger partial charge in [0.15, 0.2) is 4.34 Å². The van der Waals surface area contributed by atoms with Crippen LogP contribution in [0.4, 0.5) is 15.8 Å². The molecule has 0 saturated heterocycles. The molecule has 0 aliphatic heterocycles. The van der Waals surface area contributed by atoms with Crippen LogP contribution in [0, 0.1) is 11.3 Å². The van der Waals surface area contributed by atoms with Crippen molar-refractivity contribution in [2.75, 3.05) is 23.5 Å². The number of methoxy groups -OCH3 is 1. The largest absolute Gasteiger partial charge is 0.497 e. The van der Waals surface area contributed by atoms with Crippen molar-refractivity contribution in [3.63, 3.8) is 0 Å². The normalized spacial score (nSPS) is 10.2. The van der Waals surface area contributed by atoms with E-state index in [-0.39, 0.29) is 11.7 Å². The Kier molecular flexibility index (Phi) is 6.06. The second kappa shape index (κ2) is 8.66. The number of amides is 1. The van der Waals surface area contributed by atoms with E-state index in [1.165, 1.54) is 34.4 Å². The number of carbonyl (C=O) groups is 1. The van der Waals surface area contributed by atoms with Gasteiger partial charge in [-0.05, 0) is 35.7 Å². The highest BCUT2D eigenvalue weighted by Gasteiger charge is 2.11. The Morgan fingerprint density at radius 2 is 2.12 bits per heavy atom. The Hall–Kier alpha value is -2.61. The lowest BCUT2D eigenvalue weighted by Gasteiger charge is -2.03. The van der Waals surface area contributed by atoms with Gasteiger partial charge >= 0.3 is 0 Å². The van der Waals surface area contributed by atoms with Crippen molar-refractivity contribution in [2.45, 2.75) is 4.34 Å². The summed E-state index contributed by atoms with van der Waals surface area (Å²) in [5.41, 5.74) is 1.34. The molecule has 1 aromatic carbocycles. The van der Waals surface area contributed by atoms with Crippen molar-refractivity contribution in [1.29, 1.82) is 5.26 Å². The molecule has 2 heterocycles. The van der Waals surface area contributed by atoms with Crippen LogP contribution >= 0.6 is 34.4 Å². The van der Waals surface area contributed by atoms with Gasteiger partial charge in [-0.15, -0.1) is 21.5 Å². The number of aromatic nitrogens is 2. The summed E-state index contributed by atoms with van der Waals surface area (Å²) >= 11 is 3.98. The number of carbonyl (C=O) groups excluding carboxylic acids is 1. The molecule has 7 nitrogen and oxygen atoms in total. The molecule has 10 heteroatoms. The predicted molar refractivity (Wildman–Crippen MR) is 105 cm³/mol. The summed E-state index contributed by atoms with van der Waals surface area (Å²) in [5.74, 6) is 0.786. The lowest BCUT2D eigenvalue weighted by molar-refractivity contribution is -0.113. The highest BCUT2D eigenvalue weighted by Crippen LogP contribution is 2.29. The SMILES string of the molecule is COc1ccc(Nc2nnc(SCC(=O)Nc3sccc3C#N)s2)cc1. The van der Waals surface area contributed by atoms with E-state index in [4.69, 9.17) is 10.00 Å². The number of ether oxygens (including phenoxy) is 1. The number of nitriles is 1. The number of anilines is 3. The molecule has 26 heavy (non-hydrogen) atoms. The van der Waals surface area contributed by atoms with Crippen molar-refractivity contribution in [2.24, 2.45) is 0 Å². The van der Waals surface area contributed by atoms with Gasteiger partial charge in [0.1, 0.15) is 16.8 Å². The minimum absolute atomic E-state index is 0.186. The van der Waals surface area contributed by atoms with Crippen LogP contribution in [0.2, 0.25) is 0 Å². The molecule has 0 aliphatic rings. The Bertz CT molecular complexity index is 930. The number of nitrogens with zero attached hydrogens (tertiary/aromatic N) is 3. The first-order chi connectivity index (χ1) is 12.7. The molecule has 0 spiro atoms. The number of rotatable bonds is 7. The van der Waals surface area contributed by atoms with Gasteiger partial charge in [0, 0.05) is 5.69 Å². The zero-order valence-electron chi connectivity index (χ0n) is 13.6. The van der Waals surface area contributed by atoms with Crippen molar-refractivity contribution in [3.05, 3.63) is 41.3 Å². The Balaban J connectivity index is 1.51. The van der Waals surface area contributed by atoms with Gasteiger partial charge in [-0.2, -0.15) is 5.26 Å². The fourth-order valence-electron chi connectivity index (χ4n) is 1.90. The summed E-state index contributed by atoms with van der Waals surface area (Å²) in [6, 6.07) is 11.2. The van der Waals surface area contributed by atoms with E-state index in [1.54, 1.807) is 18.6 Å². The Morgan fingerprint density at radius 1 is 1.31 bits per heavy atom. The number of benzene rings is 1. The van der Waals surface area contributed by atoms with Gasteiger partial charge in [0.05, 0.1) is 18.4 Å². The van der Waals surface area contributed by atoms with E-state index in [0.29, 0.717) is 20.0 Å². The van der Waals surface area contributed by atoms with Crippen molar-refractivity contribution < 1.29 is 9.53 Å². The smallest absolute Gasteiger partial charge is 0.235 e. The van der Waals surface area contributed by atoms with Crippen LogP contribution < -0.4 is 15.4 Å². The van der Waals surface area contributed by atoms with Crippen molar-refractivity contribution in [1.82, 2.24) is 10.2 Å². The quantitative estimate of drug-likeness (QED) is 0.576. The van der Waals surface area contributed by atoms with Crippen LogP contribution in [0.1, 0.15) is 5.56 Å². The van der Waals surface area contributed by atoms with Crippen LogP contribution in [-0.2, 0) is 4.79 Å². The summed E-state index contributed by atoms with van der Waals surface area (Å²) in [6.45, 7) is 0. The van der Waals surface area contributed by atoms with E-state index < -0.39 is 0 Å². The number of thiophene rings is 1. The molecule has 1 amide bonds. The summed E-state index contributed by atoms with van der Waals surface area (Å²) in [4.78, 5) is 12.0. The lowest BCUT2D eigenvalue weighted by Crippen LogP contribution is -2.13. The van der Waals surface area contributed by atoms with Gasteiger partial charge in [-0.1, -0.05) is 23.1 Å². The topological polar surface area (TPSA) is 99.9 Å². The van der Waals surface area contributed by atoms with Crippen LogP contribution in [0.5, 0.6) is 5.75 Å². The minimum atomic E-state index is -0.186. The van der Waals surface area contributed by atoms with Gasteiger partial charge in [-0.3, -0.25) is 4.79 Å². The number of nitrogens with one attached hydrogen (secondary N) is 2. The van der Waals surface area contributed by atoms with Gasteiger partial charge < -0.3 is 15.4 Å². The highest BCUT2D eigenvalue weighted by atomic mass is 32.2. The first-order valence-corrected chi connectivity index (χ1v) is 10.0. The molecule has 3 rings (SSSR count). The lowest BCUT2D eigenvalue weighted by atomic mass is 10.3. The Morgan fingerprint density at radius 3 is 2.85 bits per heavy atom. The molecule has 0 saturated carbocycles. The average Bonchev–Trinajstić information content (AvgIpc) is 3.29. The first-order valence-electron chi connectivity index (χ1n) is 7.33. The molecule has 0 fully saturated rings. The van der Waals surface area contributed by atoms with E-state index >= 15 is 0 Å². The van der Waals surface area contributed by atoms with E-state index in [0.717, 1.165) is 11.4 Å². The first kappa shape index (κ1) is 18.2. The molecule has 0 unspecified atom stereocenters. The maximum Gasteiger partial charge on any atom is 0.235 e. The summed E-state index contributed by atoms with van der Waals surface area (Å²) in [7, 11) is 1.62. The maximum atomic E-state index is 12.0. The number of thioether (sulfide) groups is 1. The van der Waals surface area contributed by atoms with E-state index in [2.05, 4.69) is 20.8 Å². The van der Waals surface area contributed by atoms with Crippen LogP contribution in [0.25, 0.3) is 0 Å². The summed E-state index contributed by atoms with van der Waals surface area (Å²) in [6.07, 6.45) is 0. The third-order valence-corrected chi connectivity index (χ3v) is 5.91. The molecule has 2 aromatic heterocycles. The number of hydrogen-bond donors (Lipinski definition) is 2. The Labute approximate surface area is 162 Å². The maximum absolute atomic E-state index is 12.0. The van der Waals surface area contributed by atoms with Crippen molar-refractivity contribution in [3.8, 4) is 11.8 Å². The summed E-state index contributed by atoms with van der Waals surface area (Å²) in [5, 5.41) is 25.9. The molecule has 2 N–H and O–H groups in total. The van der Waals surface area contributed by atoms with Gasteiger partial charge in [-0.25, -0.2) is 0 Å². The predicted octanol–water partition coefficient (Wildman–Crippen LogP) is 3.95. The number of hydrogen-bond acceptors (Lipinski definition) is 9. The molecule has 0 atom stereocenters. The zero-order valence-corrected chi connectivity index (χ0v) is 16.0. The molecule has 0 bridgehead atoms. The molecular weight excluding hydrogens is 390 g/mol. The van der Waals surface area contributed by atoms with Crippen LogP contribution in [0.3, 0.4) is 0 Å². The molecule has 0 radical (unpaired) electrons. The van der Waals surface area contributed by atoms with E-state index in [9.17, 15) is 4.79 Å². The van der Waals surface area contributed by atoms with Gasteiger partial charge in [0.25, 0.3) is 0 Å². The average molecular weight is 404 g/mol. The highest BCUT2D eigenvalue weighted by molar-refractivity contribution is 8.01. The molecule has 132 valence electrons. The third kappa shape index (κ3) is 4.72. The van der Waals surface area contributed by atoms with E-state index in [1.807, 2.05) is 30.3 Å².